The summed E-state index contributed by atoms with van der Waals surface area (Å²) in [6.45, 7) is 4.00. The van der Waals surface area contributed by atoms with Crippen LogP contribution < -0.4 is 5.32 Å². The van der Waals surface area contributed by atoms with Gasteiger partial charge in [0.1, 0.15) is 6.04 Å². The number of hydrogen-bond acceptors (Lipinski definition) is 3. The van der Waals surface area contributed by atoms with Crippen molar-refractivity contribution in [2.75, 3.05) is 6.54 Å². The van der Waals surface area contributed by atoms with Gasteiger partial charge >= 0.3 is 0 Å². The van der Waals surface area contributed by atoms with Crippen molar-refractivity contribution in [2.24, 2.45) is 10.2 Å². The molecule has 1 unspecified atom stereocenters. The Morgan fingerprint density at radius 3 is 2.89 bits per heavy atom. The molecule has 0 radical (unpaired) electrons. The molecule has 2 rings (SSSR count). The minimum atomic E-state index is -0.405. The fourth-order valence-electron chi connectivity index (χ4n) is 1.81. The van der Waals surface area contributed by atoms with E-state index >= 15 is 0 Å². The predicted octanol–water partition coefficient (Wildman–Crippen LogP) is 2.75. The second-order valence-corrected chi connectivity index (χ2v) is 5.24. The van der Waals surface area contributed by atoms with Gasteiger partial charge in [0, 0.05) is 16.6 Å². The van der Waals surface area contributed by atoms with Crippen LogP contribution in [0.1, 0.15) is 28.4 Å². The van der Waals surface area contributed by atoms with Crippen molar-refractivity contribution in [1.29, 1.82) is 0 Å². The van der Waals surface area contributed by atoms with Crippen LogP contribution in [0.25, 0.3) is 0 Å². The summed E-state index contributed by atoms with van der Waals surface area (Å²) in [6.07, 6.45) is 0.161. The summed E-state index contributed by atoms with van der Waals surface area (Å²) in [4.78, 5) is 23.3. The quantitative estimate of drug-likeness (QED) is 0.926. The van der Waals surface area contributed by atoms with E-state index in [1.807, 2.05) is 6.07 Å². The number of carbonyl (C=O) groups excluding carboxylic acids is 2. The lowest BCUT2D eigenvalue weighted by atomic mass is 9.97. The maximum absolute atomic E-state index is 11.7. The van der Waals surface area contributed by atoms with Crippen molar-refractivity contribution in [3.8, 4) is 0 Å². The molecule has 1 aliphatic heterocycles. The Morgan fingerprint density at radius 2 is 2.16 bits per heavy atom. The van der Waals surface area contributed by atoms with Gasteiger partial charge in [-0.15, -0.1) is 5.11 Å². The van der Waals surface area contributed by atoms with Crippen LogP contribution in [0.5, 0.6) is 0 Å². The zero-order valence-electron chi connectivity index (χ0n) is 10.1. The normalized spacial score (nSPS) is 16.9. The van der Waals surface area contributed by atoms with Crippen molar-refractivity contribution in [2.45, 2.75) is 12.5 Å². The van der Waals surface area contributed by atoms with Crippen LogP contribution in [0.4, 0.5) is 0 Å². The molecule has 1 aromatic rings. The van der Waals surface area contributed by atoms with Crippen LogP contribution in [0, 0.1) is 0 Å². The van der Waals surface area contributed by atoms with Gasteiger partial charge in [-0.1, -0.05) is 40.7 Å². The van der Waals surface area contributed by atoms with E-state index in [0.717, 1.165) is 5.56 Å². The number of amides is 2. The number of carbonyl (C=O) groups is 2. The summed E-state index contributed by atoms with van der Waals surface area (Å²) in [5.74, 6) is -0.519. The van der Waals surface area contributed by atoms with Crippen molar-refractivity contribution in [3.63, 3.8) is 0 Å². The number of benzene rings is 1. The SMILES string of the molecule is C=C(Br)CNC(=O)CC1N=NC(=O)c2ccccc21. The van der Waals surface area contributed by atoms with Gasteiger partial charge in [-0.25, -0.2) is 0 Å². The van der Waals surface area contributed by atoms with Crippen molar-refractivity contribution in [1.82, 2.24) is 5.32 Å². The lowest BCUT2D eigenvalue weighted by molar-refractivity contribution is -0.121. The smallest absolute Gasteiger partial charge is 0.295 e. The Morgan fingerprint density at radius 1 is 1.42 bits per heavy atom. The number of fused-ring (bicyclic) bond motifs is 1. The van der Waals surface area contributed by atoms with Crippen molar-refractivity contribution in [3.05, 3.63) is 46.5 Å². The maximum atomic E-state index is 11.7. The number of nitrogens with one attached hydrogen (secondary N) is 1. The third-order valence-electron chi connectivity index (χ3n) is 2.69. The molecule has 2 amide bonds. The van der Waals surface area contributed by atoms with Gasteiger partial charge in [-0.3, -0.25) is 9.59 Å². The van der Waals surface area contributed by atoms with Crippen LogP contribution in [0.3, 0.4) is 0 Å². The fraction of sp³-hybridized carbons (Fsp3) is 0.231. The Kier molecular flexibility index (Phi) is 4.21. The maximum Gasteiger partial charge on any atom is 0.295 e. The zero-order chi connectivity index (χ0) is 13.8. The highest BCUT2D eigenvalue weighted by Crippen LogP contribution is 2.29. The van der Waals surface area contributed by atoms with Gasteiger partial charge in [0.25, 0.3) is 5.91 Å². The molecule has 0 aromatic heterocycles. The highest BCUT2D eigenvalue weighted by molar-refractivity contribution is 9.11. The summed E-state index contributed by atoms with van der Waals surface area (Å²) in [5.41, 5.74) is 1.26. The third kappa shape index (κ3) is 3.35. The Hall–Kier alpha value is -1.82. The first-order valence-electron chi connectivity index (χ1n) is 5.72. The summed E-state index contributed by atoms with van der Waals surface area (Å²) >= 11 is 3.17. The monoisotopic (exact) mass is 321 g/mol. The number of hydrogen-bond donors (Lipinski definition) is 1. The molecule has 1 atom stereocenters. The molecule has 0 saturated heterocycles. The van der Waals surface area contributed by atoms with Gasteiger partial charge in [0.2, 0.25) is 5.91 Å². The molecule has 0 spiro atoms. The van der Waals surface area contributed by atoms with Gasteiger partial charge < -0.3 is 5.32 Å². The summed E-state index contributed by atoms with van der Waals surface area (Å²) in [6, 6.07) is 6.67. The van der Waals surface area contributed by atoms with Crippen LogP contribution in [-0.4, -0.2) is 18.4 Å². The Balaban J connectivity index is 2.09. The molecule has 0 fully saturated rings. The van der Waals surface area contributed by atoms with Gasteiger partial charge in [0.05, 0.1) is 6.42 Å². The lowest BCUT2D eigenvalue weighted by Crippen LogP contribution is -2.26. The van der Waals surface area contributed by atoms with Crippen molar-refractivity contribution < 1.29 is 9.59 Å². The fourth-order valence-corrected chi connectivity index (χ4v) is 1.95. The molecule has 1 heterocycles. The molecular formula is C13H12BrN3O2. The summed E-state index contributed by atoms with van der Waals surface area (Å²) < 4.78 is 0.696. The molecule has 1 aromatic carbocycles. The lowest BCUT2D eigenvalue weighted by Gasteiger charge is -2.17. The highest BCUT2D eigenvalue weighted by Gasteiger charge is 2.25. The third-order valence-corrected chi connectivity index (χ3v) is 2.97. The minimum absolute atomic E-state index is 0.159. The molecule has 0 bridgehead atoms. The molecule has 0 saturated carbocycles. The summed E-state index contributed by atoms with van der Waals surface area (Å²) in [7, 11) is 0. The Bertz CT molecular complexity index is 569. The van der Waals surface area contributed by atoms with E-state index in [2.05, 4.69) is 38.1 Å². The first-order chi connectivity index (χ1) is 9.08. The molecular weight excluding hydrogens is 310 g/mol. The van der Waals surface area contributed by atoms with E-state index in [0.29, 0.717) is 16.6 Å². The largest absolute Gasteiger partial charge is 0.351 e. The zero-order valence-corrected chi connectivity index (χ0v) is 11.7. The first-order valence-corrected chi connectivity index (χ1v) is 6.51. The molecule has 98 valence electrons. The molecule has 1 N–H and O–H groups in total. The highest BCUT2D eigenvalue weighted by atomic mass is 79.9. The van der Waals surface area contributed by atoms with E-state index in [1.54, 1.807) is 18.2 Å². The van der Waals surface area contributed by atoms with E-state index < -0.39 is 6.04 Å². The van der Waals surface area contributed by atoms with E-state index in [1.165, 1.54) is 0 Å². The van der Waals surface area contributed by atoms with Gasteiger partial charge in [0.15, 0.2) is 0 Å². The van der Waals surface area contributed by atoms with E-state index in [-0.39, 0.29) is 18.2 Å². The van der Waals surface area contributed by atoms with Gasteiger partial charge in [-0.05, 0) is 11.6 Å². The topological polar surface area (TPSA) is 70.9 Å². The van der Waals surface area contributed by atoms with E-state index in [4.69, 9.17) is 0 Å². The van der Waals surface area contributed by atoms with Crippen molar-refractivity contribution >= 4 is 27.7 Å². The number of halogens is 1. The average molecular weight is 322 g/mol. The molecule has 0 aliphatic carbocycles. The molecule has 1 aliphatic rings. The average Bonchev–Trinajstić information content (AvgIpc) is 2.40. The Labute approximate surface area is 118 Å². The van der Waals surface area contributed by atoms with Crippen LogP contribution in [-0.2, 0) is 4.79 Å². The first kappa shape index (κ1) is 13.6. The van der Waals surface area contributed by atoms with Crippen LogP contribution >= 0.6 is 15.9 Å². The van der Waals surface area contributed by atoms with Crippen LogP contribution in [0.15, 0.2) is 45.6 Å². The summed E-state index contributed by atoms with van der Waals surface area (Å²) in [5, 5.41) is 10.2. The second-order valence-electron chi connectivity index (χ2n) is 4.12. The standard InChI is InChI=1S/C13H12BrN3O2/c1-8(14)7-15-12(18)6-11-9-4-2-3-5-10(9)13(19)17-16-11/h2-5,11H,1,6-7H2,(H,15,18). The van der Waals surface area contributed by atoms with E-state index in [9.17, 15) is 9.59 Å². The van der Waals surface area contributed by atoms with Crippen LogP contribution in [0.2, 0.25) is 0 Å². The minimum Gasteiger partial charge on any atom is -0.351 e. The molecule has 6 heteroatoms. The predicted molar refractivity (Wildman–Crippen MR) is 74.1 cm³/mol. The number of azo groups is 1. The molecule has 5 nitrogen and oxygen atoms in total. The number of nitrogens with zero attached hydrogens (tertiary/aromatic N) is 2. The van der Waals surface area contributed by atoms with Gasteiger partial charge in [-0.2, -0.15) is 5.11 Å². The second kappa shape index (κ2) is 5.88. The molecule has 19 heavy (non-hydrogen) atoms. The number of rotatable bonds is 4.